The minimum atomic E-state index is -0.895. The maximum Gasteiger partial charge on any atom is 0.327 e. The number of aromatic nitrogens is 2. The molecule has 0 radical (unpaired) electrons. The number of hydrogen-bond donors (Lipinski definition) is 2. The highest BCUT2D eigenvalue weighted by Gasteiger charge is 2.33. The number of aromatic amines is 1. The summed E-state index contributed by atoms with van der Waals surface area (Å²) in [6, 6.07) is -0.267. The Balaban J connectivity index is 2.15. The van der Waals surface area contributed by atoms with Gasteiger partial charge in [-0.15, -0.1) is 0 Å². The van der Waals surface area contributed by atoms with Crippen molar-refractivity contribution in [2.75, 3.05) is 26.2 Å². The Morgan fingerprint density at radius 2 is 1.85 bits per heavy atom. The summed E-state index contributed by atoms with van der Waals surface area (Å²) in [4.78, 5) is 22.9. The second-order valence-electron chi connectivity index (χ2n) is 5.43. The Bertz CT molecular complexity index is 481. The first-order valence-corrected chi connectivity index (χ1v) is 7.21. The molecule has 1 aromatic heterocycles. The van der Waals surface area contributed by atoms with Gasteiger partial charge in [0.25, 0.3) is 0 Å². The summed E-state index contributed by atoms with van der Waals surface area (Å²) in [5, 5.41) is 9.78. The molecule has 1 aliphatic heterocycles. The molecule has 2 heterocycles. The molecule has 1 fully saturated rings. The first kappa shape index (κ1) is 15.3. The number of rotatable bonds is 4. The topological polar surface area (TPSA) is 72.5 Å². The highest BCUT2D eigenvalue weighted by atomic mass is 35.5. The minimum Gasteiger partial charge on any atom is -0.480 e. The van der Waals surface area contributed by atoms with Gasteiger partial charge in [0.2, 0.25) is 0 Å². The number of aryl methyl sites for hydroxylation is 1. The summed E-state index contributed by atoms with van der Waals surface area (Å²) in [5.41, 5.74) is 0.481. The van der Waals surface area contributed by atoms with E-state index in [2.05, 4.69) is 28.7 Å². The Hall–Kier alpha value is -1.11. The Labute approximate surface area is 123 Å². The smallest absolute Gasteiger partial charge is 0.327 e. The number of halogens is 1. The van der Waals surface area contributed by atoms with E-state index in [1.165, 1.54) is 0 Å². The van der Waals surface area contributed by atoms with Crippen LogP contribution >= 0.6 is 11.6 Å². The lowest BCUT2D eigenvalue weighted by molar-refractivity contribution is -0.144. The molecule has 1 aliphatic rings. The van der Waals surface area contributed by atoms with Crippen molar-refractivity contribution in [2.24, 2.45) is 0 Å². The van der Waals surface area contributed by atoms with Crippen LogP contribution < -0.4 is 0 Å². The largest absolute Gasteiger partial charge is 0.480 e. The number of piperazine rings is 1. The lowest BCUT2D eigenvalue weighted by atomic mass is 10.1. The molecular formula is C13H21ClN4O2. The predicted molar refractivity (Wildman–Crippen MR) is 77.0 cm³/mol. The fourth-order valence-electron chi connectivity index (χ4n) is 2.64. The molecular weight excluding hydrogens is 280 g/mol. The normalized spacial score (nSPS) is 19.4. The van der Waals surface area contributed by atoms with Gasteiger partial charge in [0.15, 0.2) is 11.2 Å². The predicted octanol–water partition coefficient (Wildman–Crippen LogP) is 1.52. The van der Waals surface area contributed by atoms with Crippen LogP contribution in [0, 0.1) is 6.92 Å². The molecule has 0 aromatic carbocycles. The number of carboxylic acid groups (broad SMARTS) is 1. The summed E-state index contributed by atoms with van der Waals surface area (Å²) >= 11 is 6.04. The van der Waals surface area contributed by atoms with Gasteiger partial charge in [-0.3, -0.25) is 14.6 Å². The van der Waals surface area contributed by atoms with E-state index >= 15 is 0 Å². The molecule has 0 bridgehead atoms. The Morgan fingerprint density at radius 3 is 2.25 bits per heavy atom. The van der Waals surface area contributed by atoms with Gasteiger partial charge >= 0.3 is 5.97 Å². The number of hydrogen-bond acceptors (Lipinski definition) is 4. The number of nitrogens with one attached hydrogen (secondary N) is 1. The number of nitrogens with zero attached hydrogens (tertiary/aromatic N) is 3. The van der Waals surface area contributed by atoms with E-state index < -0.39 is 12.0 Å². The Morgan fingerprint density at radius 1 is 1.30 bits per heavy atom. The molecule has 0 amide bonds. The van der Waals surface area contributed by atoms with Crippen LogP contribution in [0.3, 0.4) is 0 Å². The summed E-state index contributed by atoms with van der Waals surface area (Å²) in [6.45, 7) is 9.23. The lowest BCUT2D eigenvalue weighted by Gasteiger charge is -2.39. The van der Waals surface area contributed by atoms with E-state index in [-0.39, 0.29) is 5.15 Å². The van der Waals surface area contributed by atoms with E-state index in [0.29, 0.717) is 30.6 Å². The van der Waals surface area contributed by atoms with Crippen LogP contribution in [0.5, 0.6) is 0 Å². The van der Waals surface area contributed by atoms with Crippen LogP contribution in [0.1, 0.15) is 31.4 Å². The SMILES string of the molecule is Cc1nc(Cl)c(C(C(=O)O)N2CCN(C(C)C)CC2)[nH]1. The van der Waals surface area contributed by atoms with Crippen LogP contribution in [-0.4, -0.2) is 63.1 Å². The lowest BCUT2D eigenvalue weighted by Crippen LogP contribution is -2.51. The van der Waals surface area contributed by atoms with Gasteiger partial charge in [0.05, 0.1) is 5.69 Å². The average molecular weight is 301 g/mol. The molecule has 20 heavy (non-hydrogen) atoms. The van der Waals surface area contributed by atoms with E-state index in [0.717, 1.165) is 13.1 Å². The average Bonchev–Trinajstić information content (AvgIpc) is 2.69. The van der Waals surface area contributed by atoms with Gasteiger partial charge < -0.3 is 10.1 Å². The van der Waals surface area contributed by atoms with Crippen molar-refractivity contribution in [1.82, 2.24) is 19.8 Å². The van der Waals surface area contributed by atoms with E-state index in [1.54, 1.807) is 6.92 Å². The monoisotopic (exact) mass is 300 g/mol. The van der Waals surface area contributed by atoms with Crippen molar-refractivity contribution in [3.05, 3.63) is 16.7 Å². The van der Waals surface area contributed by atoms with E-state index in [9.17, 15) is 9.90 Å². The summed E-state index contributed by atoms with van der Waals surface area (Å²) in [5.74, 6) is -0.259. The first-order chi connectivity index (χ1) is 9.40. The molecule has 0 saturated carbocycles. The van der Waals surface area contributed by atoms with Gasteiger partial charge in [-0.25, -0.2) is 4.98 Å². The number of aliphatic carboxylic acids is 1. The van der Waals surface area contributed by atoms with Crippen LogP contribution in [0.25, 0.3) is 0 Å². The molecule has 1 aromatic rings. The van der Waals surface area contributed by atoms with Gasteiger partial charge in [-0.05, 0) is 20.8 Å². The second kappa shape index (κ2) is 6.11. The van der Waals surface area contributed by atoms with E-state index in [4.69, 9.17) is 11.6 Å². The molecule has 1 unspecified atom stereocenters. The highest BCUT2D eigenvalue weighted by Crippen LogP contribution is 2.27. The molecule has 2 rings (SSSR count). The molecule has 112 valence electrons. The van der Waals surface area contributed by atoms with Crippen LogP contribution in [-0.2, 0) is 4.79 Å². The van der Waals surface area contributed by atoms with Crippen molar-refractivity contribution >= 4 is 17.6 Å². The van der Waals surface area contributed by atoms with Gasteiger partial charge in [0, 0.05) is 32.2 Å². The zero-order valence-corrected chi connectivity index (χ0v) is 12.8. The molecule has 1 saturated heterocycles. The number of imidazole rings is 1. The second-order valence-corrected chi connectivity index (χ2v) is 5.79. The zero-order chi connectivity index (χ0) is 14.9. The molecule has 1 atom stereocenters. The van der Waals surface area contributed by atoms with Crippen LogP contribution in [0.15, 0.2) is 0 Å². The quantitative estimate of drug-likeness (QED) is 0.882. The number of H-pyrrole nitrogens is 1. The van der Waals surface area contributed by atoms with Crippen molar-refractivity contribution in [3.8, 4) is 0 Å². The molecule has 0 aliphatic carbocycles. The fourth-order valence-corrected chi connectivity index (χ4v) is 2.91. The van der Waals surface area contributed by atoms with Crippen molar-refractivity contribution in [3.63, 3.8) is 0 Å². The van der Waals surface area contributed by atoms with Crippen molar-refractivity contribution in [1.29, 1.82) is 0 Å². The summed E-state index contributed by atoms with van der Waals surface area (Å²) < 4.78 is 0. The molecule has 7 heteroatoms. The standard InChI is InChI=1S/C13H21ClN4O2/c1-8(2)17-4-6-18(7-5-17)11(13(19)20)10-12(14)16-9(3)15-10/h8,11H,4-7H2,1-3H3,(H,15,16)(H,19,20). The Kier molecular flexibility index (Phi) is 4.67. The van der Waals surface area contributed by atoms with Crippen LogP contribution in [0.2, 0.25) is 5.15 Å². The first-order valence-electron chi connectivity index (χ1n) is 6.83. The van der Waals surface area contributed by atoms with E-state index in [1.807, 2.05) is 4.90 Å². The maximum atomic E-state index is 11.6. The molecule has 0 spiro atoms. The van der Waals surface area contributed by atoms with Gasteiger partial charge in [0.1, 0.15) is 5.82 Å². The highest BCUT2D eigenvalue weighted by molar-refractivity contribution is 6.30. The van der Waals surface area contributed by atoms with Gasteiger partial charge in [-0.1, -0.05) is 11.6 Å². The summed E-state index contributed by atoms with van der Waals surface area (Å²) in [7, 11) is 0. The van der Waals surface area contributed by atoms with Gasteiger partial charge in [-0.2, -0.15) is 0 Å². The number of carboxylic acids is 1. The maximum absolute atomic E-state index is 11.6. The third-order valence-corrected chi connectivity index (χ3v) is 4.04. The molecule has 6 nitrogen and oxygen atoms in total. The third-order valence-electron chi connectivity index (χ3n) is 3.76. The fraction of sp³-hybridized carbons (Fsp3) is 0.692. The minimum absolute atomic E-state index is 0.251. The van der Waals surface area contributed by atoms with Crippen LogP contribution in [0.4, 0.5) is 0 Å². The summed E-state index contributed by atoms with van der Waals surface area (Å²) in [6.07, 6.45) is 0. The van der Waals surface area contributed by atoms with Crippen molar-refractivity contribution in [2.45, 2.75) is 32.9 Å². The van der Waals surface area contributed by atoms with Crippen molar-refractivity contribution < 1.29 is 9.90 Å². The zero-order valence-electron chi connectivity index (χ0n) is 12.1. The number of carbonyl (C=O) groups is 1. The molecule has 2 N–H and O–H groups in total. The third kappa shape index (κ3) is 3.13.